The van der Waals surface area contributed by atoms with Crippen molar-refractivity contribution in [3.63, 3.8) is 0 Å². The predicted molar refractivity (Wildman–Crippen MR) is 71.8 cm³/mol. The molecule has 0 unspecified atom stereocenters. The second-order valence-electron chi connectivity index (χ2n) is 3.92. The Morgan fingerprint density at radius 3 is 3.00 bits per heavy atom. The summed E-state index contributed by atoms with van der Waals surface area (Å²) >= 11 is 0. The third kappa shape index (κ3) is 5.14. The van der Waals surface area contributed by atoms with Crippen molar-refractivity contribution in [2.24, 2.45) is 0 Å². The summed E-state index contributed by atoms with van der Waals surface area (Å²) in [5.41, 5.74) is 1.36. The zero-order valence-corrected chi connectivity index (χ0v) is 11.0. The summed E-state index contributed by atoms with van der Waals surface area (Å²) in [6.45, 7) is 4.13. The second-order valence-corrected chi connectivity index (χ2v) is 3.92. The molecule has 100 valence electrons. The van der Waals surface area contributed by atoms with Crippen LogP contribution in [-0.2, 0) is 4.74 Å². The maximum Gasteiger partial charge on any atom is 0.269 e. The Morgan fingerprint density at radius 1 is 1.44 bits per heavy atom. The van der Waals surface area contributed by atoms with Crippen molar-refractivity contribution in [3.05, 3.63) is 24.0 Å². The van der Waals surface area contributed by atoms with E-state index in [2.05, 4.69) is 15.6 Å². The second kappa shape index (κ2) is 8.47. The topological polar surface area (TPSA) is 63.2 Å². The fourth-order valence-electron chi connectivity index (χ4n) is 1.52. The highest BCUT2D eigenvalue weighted by Gasteiger charge is 2.05. The number of carbonyl (C=O) groups is 1. The fraction of sp³-hybridized carbons (Fsp3) is 0.538. The third-order valence-electron chi connectivity index (χ3n) is 2.43. The summed E-state index contributed by atoms with van der Waals surface area (Å²) in [5, 5.41) is 5.99. The number of aromatic nitrogens is 1. The Bertz CT molecular complexity index is 369. The van der Waals surface area contributed by atoms with Crippen molar-refractivity contribution in [2.75, 3.05) is 32.1 Å². The molecule has 0 aliphatic rings. The Hall–Kier alpha value is -1.62. The maximum absolute atomic E-state index is 11.6. The van der Waals surface area contributed by atoms with Gasteiger partial charge in [-0.05, 0) is 31.9 Å². The lowest BCUT2D eigenvalue weighted by Crippen LogP contribution is -2.23. The molecular formula is C13H21N3O2. The summed E-state index contributed by atoms with van der Waals surface area (Å²) in [6.07, 6.45) is 3.70. The van der Waals surface area contributed by atoms with Gasteiger partial charge in [0.25, 0.3) is 5.91 Å². The summed E-state index contributed by atoms with van der Waals surface area (Å²) in [6, 6.07) is 3.63. The number of anilines is 1. The average molecular weight is 251 g/mol. The van der Waals surface area contributed by atoms with Gasteiger partial charge in [-0.3, -0.25) is 9.78 Å². The maximum atomic E-state index is 11.6. The van der Waals surface area contributed by atoms with Crippen molar-refractivity contribution in [3.8, 4) is 0 Å². The molecule has 1 heterocycles. The van der Waals surface area contributed by atoms with E-state index in [-0.39, 0.29) is 5.91 Å². The number of hydrogen-bond donors (Lipinski definition) is 2. The summed E-state index contributed by atoms with van der Waals surface area (Å²) < 4.78 is 4.98. The Labute approximate surface area is 108 Å². The van der Waals surface area contributed by atoms with Crippen LogP contribution in [0.2, 0.25) is 0 Å². The number of carbonyl (C=O) groups excluding carboxylic acids is 1. The molecule has 0 saturated heterocycles. The predicted octanol–water partition coefficient (Wildman–Crippen LogP) is 1.67. The van der Waals surface area contributed by atoms with E-state index >= 15 is 0 Å². The largest absolute Gasteiger partial charge is 0.385 e. The van der Waals surface area contributed by atoms with Crippen LogP contribution in [0, 0.1) is 0 Å². The summed E-state index contributed by atoms with van der Waals surface area (Å²) in [7, 11) is 1.70. The Kier molecular flexibility index (Phi) is 6.79. The van der Waals surface area contributed by atoms with E-state index in [1.807, 2.05) is 13.0 Å². The van der Waals surface area contributed by atoms with Crippen LogP contribution in [0.1, 0.15) is 30.3 Å². The zero-order chi connectivity index (χ0) is 13.2. The fourth-order valence-corrected chi connectivity index (χ4v) is 1.52. The van der Waals surface area contributed by atoms with Crippen molar-refractivity contribution >= 4 is 11.6 Å². The first kappa shape index (κ1) is 14.4. The molecule has 0 spiro atoms. The first-order valence-corrected chi connectivity index (χ1v) is 6.25. The van der Waals surface area contributed by atoms with Gasteiger partial charge in [0.1, 0.15) is 5.69 Å². The smallest absolute Gasteiger partial charge is 0.269 e. The minimum Gasteiger partial charge on any atom is -0.385 e. The van der Waals surface area contributed by atoms with Gasteiger partial charge >= 0.3 is 0 Å². The van der Waals surface area contributed by atoms with Gasteiger partial charge in [-0.25, -0.2) is 0 Å². The molecule has 0 aliphatic heterocycles. The lowest BCUT2D eigenvalue weighted by atomic mass is 10.2. The van der Waals surface area contributed by atoms with Crippen LogP contribution in [0.25, 0.3) is 0 Å². The van der Waals surface area contributed by atoms with Gasteiger partial charge in [-0.2, -0.15) is 0 Å². The standard InChI is InChI=1S/C13H21N3O2/c1-3-14-13(17)12-10-11(6-8-16-12)15-7-4-5-9-18-2/h6,8,10H,3-5,7,9H2,1-2H3,(H,14,17)(H,15,16). The van der Waals surface area contributed by atoms with Gasteiger partial charge in [0.05, 0.1) is 0 Å². The number of methoxy groups -OCH3 is 1. The molecule has 1 aromatic rings. The number of rotatable bonds is 8. The van der Waals surface area contributed by atoms with E-state index in [0.717, 1.165) is 31.7 Å². The van der Waals surface area contributed by atoms with E-state index in [0.29, 0.717) is 12.2 Å². The number of hydrogen-bond acceptors (Lipinski definition) is 4. The number of amides is 1. The molecule has 0 atom stereocenters. The number of pyridine rings is 1. The molecule has 0 radical (unpaired) electrons. The van der Waals surface area contributed by atoms with E-state index < -0.39 is 0 Å². The highest BCUT2D eigenvalue weighted by molar-refractivity contribution is 5.93. The van der Waals surface area contributed by atoms with Gasteiger partial charge in [0.2, 0.25) is 0 Å². The molecule has 1 amide bonds. The number of unbranched alkanes of at least 4 members (excludes halogenated alkanes) is 1. The minimum absolute atomic E-state index is 0.138. The molecule has 1 rings (SSSR count). The number of ether oxygens (including phenoxy) is 1. The van der Waals surface area contributed by atoms with Crippen LogP contribution in [0.4, 0.5) is 5.69 Å². The van der Waals surface area contributed by atoms with Crippen LogP contribution in [0.3, 0.4) is 0 Å². The third-order valence-corrected chi connectivity index (χ3v) is 2.43. The van der Waals surface area contributed by atoms with Crippen LogP contribution in [0.15, 0.2) is 18.3 Å². The summed E-state index contributed by atoms with van der Waals surface area (Å²) in [5.74, 6) is -0.138. The number of nitrogens with one attached hydrogen (secondary N) is 2. The normalized spacial score (nSPS) is 10.1. The molecule has 5 nitrogen and oxygen atoms in total. The van der Waals surface area contributed by atoms with E-state index in [9.17, 15) is 4.79 Å². The van der Waals surface area contributed by atoms with Crippen molar-refractivity contribution in [1.29, 1.82) is 0 Å². The Balaban J connectivity index is 2.42. The minimum atomic E-state index is -0.138. The van der Waals surface area contributed by atoms with Crippen LogP contribution < -0.4 is 10.6 Å². The molecule has 1 aromatic heterocycles. The molecule has 0 bridgehead atoms. The van der Waals surface area contributed by atoms with Crippen molar-refractivity contribution in [2.45, 2.75) is 19.8 Å². The van der Waals surface area contributed by atoms with Crippen LogP contribution in [0.5, 0.6) is 0 Å². The SMILES string of the molecule is CCNC(=O)c1cc(NCCCCOC)ccn1. The van der Waals surface area contributed by atoms with Crippen molar-refractivity contribution in [1.82, 2.24) is 10.3 Å². The van der Waals surface area contributed by atoms with Gasteiger partial charge in [0.15, 0.2) is 0 Å². The lowest BCUT2D eigenvalue weighted by Gasteiger charge is -2.07. The molecular weight excluding hydrogens is 230 g/mol. The first-order valence-electron chi connectivity index (χ1n) is 6.25. The Morgan fingerprint density at radius 2 is 2.28 bits per heavy atom. The average Bonchev–Trinajstić information content (AvgIpc) is 2.39. The monoisotopic (exact) mass is 251 g/mol. The molecule has 0 fully saturated rings. The van der Waals surface area contributed by atoms with E-state index in [1.165, 1.54) is 0 Å². The van der Waals surface area contributed by atoms with E-state index in [1.54, 1.807) is 19.4 Å². The summed E-state index contributed by atoms with van der Waals surface area (Å²) in [4.78, 5) is 15.6. The lowest BCUT2D eigenvalue weighted by molar-refractivity contribution is 0.0951. The molecule has 0 saturated carbocycles. The molecule has 0 aliphatic carbocycles. The molecule has 5 heteroatoms. The van der Waals surface area contributed by atoms with Gasteiger partial charge in [0, 0.05) is 38.7 Å². The van der Waals surface area contributed by atoms with Gasteiger partial charge in [-0.1, -0.05) is 0 Å². The van der Waals surface area contributed by atoms with Gasteiger partial charge in [-0.15, -0.1) is 0 Å². The molecule has 0 aromatic carbocycles. The van der Waals surface area contributed by atoms with Crippen LogP contribution in [-0.4, -0.2) is 37.7 Å². The van der Waals surface area contributed by atoms with Gasteiger partial charge < -0.3 is 15.4 Å². The number of nitrogens with zero attached hydrogens (tertiary/aromatic N) is 1. The quantitative estimate of drug-likeness (QED) is 0.690. The molecule has 2 N–H and O–H groups in total. The highest BCUT2D eigenvalue weighted by atomic mass is 16.5. The van der Waals surface area contributed by atoms with Crippen molar-refractivity contribution < 1.29 is 9.53 Å². The first-order chi connectivity index (χ1) is 8.77. The van der Waals surface area contributed by atoms with E-state index in [4.69, 9.17) is 4.74 Å². The van der Waals surface area contributed by atoms with Crippen LogP contribution >= 0.6 is 0 Å². The highest BCUT2D eigenvalue weighted by Crippen LogP contribution is 2.08. The zero-order valence-electron chi connectivity index (χ0n) is 11.0. The molecule has 18 heavy (non-hydrogen) atoms.